The van der Waals surface area contributed by atoms with Crippen molar-refractivity contribution in [2.24, 2.45) is 0 Å². The SMILES string of the molecule is O=C(Nc1cccc(-c2nc3ncccc3o2)c1)c1cnco1. The van der Waals surface area contributed by atoms with Crippen LogP contribution in [0.1, 0.15) is 10.6 Å². The van der Waals surface area contributed by atoms with Crippen molar-refractivity contribution in [3.8, 4) is 11.5 Å². The third-order valence-corrected chi connectivity index (χ3v) is 3.19. The van der Waals surface area contributed by atoms with Gasteiger partial charge in [0.2, 0.25) is 11.7 Å². The quantitative estimate of drug-likeness (QED) is 0.625. The first-order chi connectivity index (χ1) is 11.3. The van der Waals surface area contributed by atoms with Crippen LogP contribution in [0.2, 0.25) is 0 Å². The third-order valence-electron chi connectivity index (χ3n) is 3.19. The average molecular weight is 306 g/mol. The Morgan fingerprint density at radius 3 is 2.96 bits per heavy atom. The highest BCUT2D eigenvalue weighted by atomic mass is 16.4. The molecular weight excluding hydrogens is 296 g/mol. The Labute approximate surface area is 130 Å². The molecule has 7 heteroatoms. The summed E-state index contributed by atoms with van der Waals surface area (Å²) in [4.78, 5) is 24.2. The zero-order chi connectivity index (χ0) is 15.6. The maximum absolute atomic E-state index is 12.0. The molecule has 1 amide bonds. The summed E-state index contributed by atoms with van der Waals surface area (Å²) in [6, 6.07) is 10.7. The van der Waals surface area contributed by atoms with E-state index in [2.05, 4.69) is 20.3 Å². The van der Waals surface area contributed by atoms with Crippen molar-refractivity contribution >= 4 is 22.8 Å². The molecule has 0 unspecified atom stereocenters. The van der Waals surface area contributed by atoms with E-state index < -0.39 is 0 Å². The molecule has 4 rings (SSSR count). The van der Waals surface area contributed by atoms with Gasteiger partial charge in [-0.15, -0.1) is 0 Å². The first kappa shape index (κ1) is 13.2. The number of hydrogen-bond donors (Lipinski definition) is 1. The smallest absolute Gasteiger partial charge is 0.293 e. The lowest BCUT2D eigenvalue weighted by Crippen LogP contribution is -2.10. The van der Waals surface area contributed by atoms with Crippen molar-refractivity contribution in [1.29, 1.82) is 0 Å². The molecule has 112 valence electrons. The van der Waals surface area contributed by atoms with Crippen LogP contribution in [-0.2, 0) is 0 Å². The van der Waals surface area contributed by atoms with Gasteiger partial charge in [0, 0.05) is 17.4 Å². The van der Waals surface area contributed by atoms with Gasteiger partial charge < -0.3 is 14.2 Å². The molecular formula is C16H10N4O3. The van der Waals surface area contributed by atoms with Gasteiger partial charge in [0.05, 0.1) is 6.20 Å². The molecule has 0 bridgehead atoms. The molecule has 1 aromatic carbocycles. The molecule has 3 heterocycles. The van der Waals surface area contributed by atoms with E-state index in [0.29, 0.717) is 22.8 Å². The Balaban J connectivity index is 1.64. The summed E-state index contributed by atoms with van der Waals surface area (Å²) in [7, 11) is 0. The molecule has 23 heavy (non-hydrogen) atoms. The summed E-state index contributed by atoms with van der Waals surface area (Å²) in [6.45, 7) is 0. The van der Waals surface area contributed by atoms with E-state index in [1.165, 1.54) is 12.6 Å². The lowest BCUT2D eigenvalue weighted by molar-refractivity contribution is 0.0996. The average Bonchev–Trinajstić information content (AvgIpc) is 3.24. The van der Waals surface area contributed by atoms with Crippen LogP contribution in [0.5, 0.6) is 0 Å². The van der Waals surface area contributed by atoms with E-state index in [1.807, 2.05) is 6.07 Å². The van der Waals surface area contributed by atoms with Gasteiger partial charge in [-0.05, 0) is 30.3 Å². The number of nitrogens with one attached hydrogen (secondary N) is 1. The third kappa shape index (κ3) is 2.55. The molecule has 0 aliphatic heterocycles. The number of pyridine rings is 1. The summed E-state index contributed by atoms with van der Waals surface area (Å²) in [5.74, 6) is 0.204. The lowest BCUT2D eigenvalue weighted by atomic mass is 10.2. The minimum absolute atomic E-state index is 0.140. The van der Waals surface area contributed by atoms with Crippen LogP contribution in [0, 0.1) is 0 Å². The molecule has 0 spiro atoms. The van der Waals surface area contributed by atoms with Crippen LogP contribution in [0.25, 0.3) is 22.7 Å². The van der Waals surface area contributed by atoms with E-state index in [9.17, 15) is 4.79 Å². The van der Waals surface area contributed by atoms with Crippen LogP contribution in [-0.4, -0.2) is 20.9 Å². The van der Waals surface area contributed by atoms with E-state index >= 15 is 0 Å². The largest absolute Gasteiger partial charge is 0.438 e. The summed E-state index contributed by atoms with van der Waals surface area (Å²) in [5, 5.41) is 2.73. The summed E-state index contributed by atoms with van der Waals surface area (Å²) in [6.07, 6.45) is 4.21. The summed E-state index contributed by atoms with van der Waals surface area (Å²) < 4.78 is 10.6. The maximum Gasteiger partial charge on any atom is 0.293 e. The van der Waals surface area contributed by atoms with Crippen molar-refractivity contribution in [3.63, 3.8) is 0 Å². The van der Waals surface area contributed by atoms with E-state index in [4.69, 9.17) is 8.83 Å². The van der Waals surface area contributed by atoms with Gasteiger partial charge in [0.15, 0.2) is 17.6 Å². The molecule has 3 aromatic heterocycles. The molecule has 4 aromatic rings. The molecule has 0 radical (unpaired) electrons. The molecule has 0 aliphatic carbocycles. The van der Waals surface area contributed by atoms with Gasteiger partial charge in [-0.2, -0.15) is 4.98 Å². The zero-order valence-electron chi connectivity index (χ0n) is 11.8. The van der Waals surface area contributed by atoms with Gasteiger partial charge in [-0.1, -0.05) is 6.07 Å². The number of hydrogen-bond acceptors (Lipinski definition) is 6. The van der Waals surface area contributed by atoms with E-state index in [1.54, 1.807) is 36.5 Å². The van der Waals surface area contributed by atoms with Crippen LogP contribution in [0.3, 0.4) is 0 Å². The van der Waals surface area contributed by atoms with Crippen molar-refractivity contribution in [1.82, 2.24) is 15.0 Å². The predicted octanol–water partition coefficient (Wildman–Crippen LogP) is 3.13. The first-order valence-corrected chi connectivity index (χ1v) is 6.81. The highest BCUT2D eigenvalue weighted by Gasteiger charge is 2.12. The fourth-order valence-electron chi connectivity index (χ4n) is 2.14. The predicted molar refractivity (Wildman–Crippen MR) is 81.7 cm³/mol. The van der Waals surface area contributed by atoms with Crippen LogP contribution in [0.4, 0.5) is 5.69 Å². The normalized spacial score (nSPS) is 10.8. The molecule has 0 fully saturated rings. The van der Waals surface area contributed by atoms with Crippen molar-refractivity contribution in [3.05, 3.63) is 60.9 Å². The molecule has 1 N–H and O–H groups in total. The molecule has 7 nitrogen and oxygen atoms in total. The number of fused-ring (bicyclic) bond motifs is 1. The first-order valence-electron chi connectivity index (χ1n) is 6.81. The second-order valence-electron chi connectivity index (χ2n) is 4.74. The summed E-state index contributed by atoms with van der Waals surface area (Å²) >= 11 is 0. The number of oxazole rings is 2. The summed E-state index contributed by atoms with van der Waals surface area (Å²) in [5.41, 5.74) is 2.48. The highest BCUT2D eigenvalue weighted by molar-refractivity contribution is 6.02. The lowest BCUT2D eigenvalue weighted by Gasteiger charge is -2.04. The van der Waals surface area contributed by atoms with Crippen molar-refractivity contribution in [2.45, 2.75) is 0 Å². The van der Waals surface area contributed by atoms with Crippen molar-refractivity contribution in [2.75, 3.05) is 5.32 Å². The van der Waals surface area contributed by atoms with Crippen LogP contribution < -0.4 is 5.32 Å². The zero-order valence-corrected chi connectivity index (χ0v) is 11.8. The molecule has 0 atom stereocenters. The number of anilines is 1. The molecule has 0 saturated carbocycles. The Morgan fingerprint density at radius 2 is 2.13 bits per heavy atom. The number of carbonyl (C=O) groups is 1. The number of carbonyl (C=O) groups excluding carboxylic acids is 1. The molecule has 0 saturated heterocycles. The Hall–Kier alpha value is -3.48. The van der Waals surface area contributed by atoms with Gasteiger partial charge in [0.25, 0.3) is 5.91 Å². The standard InChI is InChI=1S/C16H10N4O3/c21-15(13-8-17-9-22-13)19-11-4-1-3-10(7-11)16-20-14-12(23-16)5-2-6-18-14/h1-9H,(H,19,21). The minimum atomic E-state index is -0.376. The topological polar surface area (TPSA) is 94.1 Å². The van der Waals surface area contributed by atoms with Gasteiger partial charge >= 0.3 is 0 Å². The van der Waals surface area contributed by atoms with Crippen molar-refractivity contribution < 1.29 is 13.6 Å². The van der Waals surface area contributed by atoms with Gasteiger partial charge in [0.1, 0.15) is 0 Å². The number of nitrogens with zero attached hydrogens (tertiary/aromatic N) is 3. The Bertz CT molecular complexity index is 943. The number of aromatic nitrogens is 3. The van der Waals surface area contributed by atoms with Crippen LogP contribution in [0.15, 0.2) is 64.0 Å². The minimum Gasteiger partial charge on any atom is -0.438 e. The number of rotatable bonds is 3. The molecule has 0 aliphatic rings. The van der Waals surface area contributed by atoms with Crippen LogP contribution >= 0.6 is 0 Å². The number of benzene rings is 1. The van der Waals surface area contributed by atoms with Gasteiger partial charge in [-0.25, -0.2) is 9.97 Å². The van der Waals surface area contributed by atoms with Gasteiger partial charge in [-0.3, -0.25) is 4.79 Å². The Morgan fingerprint density at radius 1 is 1.17 bits per heavy atom. The number of amides is 1. The van der Waals surface area contributed by atoms with E-state index in [-0.39, 0.29) is 11.7 Å². The second kappa shape index (κ2) is 5.38. The second-order valence-corrected chi connectivity index (χ2v) is 4.74. The Kier molecular flexibility index (Phi) is 3.09. The highest BCUT2D eigenvalue weighted by Crippen LogP contribution is 2.25. The monoisotopic (exact) mass is 306 g/mol. The van der Waals surface area contributed by atoms with E-state index in [0.717, 1.165) is 5.56 Å². The fraction of sp³-hybridized carbons (Fsp3) is 0. The maximum atomic E-state index is 12.0. The fourth-order valence-corrected chi connectivity index (χ4v) is 2.14.